The van der Waals surface area contributed by atoms with E-state index in [1.807, 2.05) is 0 Å². The van der Waals surface area contributed by atoms with E-state index in [9.17, 15) is 8.42 Å². The van der Waals surface area contributed by atoms with Crippen LogP contribution < -0.4 is 5.14 Å². The number of sulfonamides is 1. The highest BCUT2D eigenvalue weighted by Gasteiger charge is 2.14. The Bertz CT molecular complexity index is 544. The third kappa shape index (κ3) is 1.30. The highest BCUT2D eigenvalue weighted by molar-refractivity contribution is 7.89. The van der Waals surface area contributed by atoms with Gasteiger partial charge in [0, 0.05) is 6.20 Å². The van der Waals surface area contributed by atoms with Gasteiger partial charge in [0.15, 0.2) is 5.03 Å². The van der Waals surface area contributed by atoms with Gasteiger partial charge >= 0.3 is 0 Å². The standard InChI is InChI=1S/C7H6N2O3S/c8-13(10,11)7-5-2-4-12-6(5)1-3-9-7/h1-4H,(H2,8,10,11). The zero-order valence-electron chi connectivity index (χ0n) is 6.47. The zero-order chi connectivity index (χ0) is 9.47. The van der Waals surface area contributed by atoms with Crippen LogP contribution >= 0.6 is 0 Å². The van der Waals surface area contributed by atoms with Crippen LogP contribution in [-0.2, 0) is 10.0 Å². The highest BCUT2D eigenvalue weighted by Crippen LogP contribution is 2.20. The number of rotatable bonds is 1. The molecule has 6 heteroatoms. The van der Waals surface area contributed by atoms with E-state index in [-0.39, 0.29) is 5.03 Å². The minimum atomic E-state index is -3.77. The molecule has 0 aliphatic rings. The number of fused-ring (bicyclic) bond motifs is 1. The van der Waals surface area contributed by atoms with E-state index in [2.05, 4.69) is 4.98 Å². The van der Waals surface area contributed by atoms with E-state index in [0.29, 0.717) is 11.0 Å². The van der Waals surface area contributed by atoms with E-state index < -0.39 is 10.0 Å². The van der Waals surface area contributed by atoms with Gasteiger partial charge in [0.1, 0.15) is 5.58 Å². The van der Waals surface area contributed by atoms with E-state index in [1.54, 1.807) is 6.07 Å². The van der Waals surface area contributed by atoms with Crippen LogP contribution in [-0.4, -0.2) is 13.4 Å². The summed E-state index contributed by atoms with van der Waals surface area (Å²) in [5, 5.41) is 5.20. The van der Waals surface area contributed by atoms with Gasteiger partial charge in [-0.2, -0.15) is 0 Å². The molecule has 0 saturated carbocycles. The first-order chi connectivity index (χ1) is 6.09. The van der Waals surface area contributed by atoms with Crippen LogP contribution in [0.1, 0.15) is 0 Å². The molecule has 0 radical (unpaired) electrons. The summed E-state index contributed by atoms with van der Waals surface area (Å²) in [7, 11) is -3.77. The maximum Gasteiger partial charge on any atom is 0.256 e. The van der Waals surface area contributed by atoms with Crippen molar-refractivity contribution in [2.24, 2.45) is 5.14 Å². The van der Waals surface area contributed by atoms with E-state index in [4.69, 9.17) is 9.56 Å². The topological polar surface area (TPSA) is 86.2 Å². The molecule has 0 aliphatic heterocycles. The van der Waals surface area contributed by atoms with Crippen molar-refractivity contribution in [2.75, 3.05) is 0 Å². The molecule has 68 valence electrons. The van der Waals surface area contributed by atoms with Gasteiger partial charge in [-0.1, -0.05) is 0 Å². The molecule has 2 aromatic heterocycles. The van der Waals surface area contributed by atoms with Gasteiger partial charge in [0.2, 0.25) is 0 Å². The van der Waals surface area contributed by atoms with Crippen molar-refractivity contribution in [2.45, 2.75) is 5.03 Å². The van der Waals surface area contributed by atoms with Crippen molar-refractivity contribution in [3.63, 3.8) is 0 Å². The summed E-state index contributed by atoms with van der Waals surface area (Å²) in [4.78, 5) is 3.68. The Hall–Kier alpha value is -1.40. The van der Waals surface area contributed by atoms with E-state index in [0.717, 1.165) is 0 Å². The lowest BCUT2D eigenvalue weighted by atomic mass is 10.3. The molecule has 0 aromatic carbocycles. The molecule has 0 amide bonds. The quantitative estimate of drug-likeness (QED) is 0.721. The smallest absolute Gasteiger partial charge is 0.256 e. The first kappa shape index (κ1) is 8.21. The lowest BCUT2D eigenvalue weighted by molar-refractivity contribution is 0.594. The molecule has 2 N–H and O–H groups in total. The van der Waals surface area contributed by atoms with Crippen LogP contribution in [0, 0.1) is 0 Å². The average molecular weight is 198 g/mol. The number of hydrogen-bond donors (Lipinski definition) is 1. The van der Waals surface area contributed by atoms with Gasteiger partial charge in [-0.25, -0.2) is 18.5 Å². The molecule has 2 rings (SSSR count). The maximum atomic E-state index is 11.0. The summed E-state index contributed by atoms with van der Waals surface area (Å²) in [6.45, 7) is 0. The first-order valence-electron chi connectivity index (χ1n) is 3.44. The normalized spacial score (nSPS) is 12.1. The zero-order valence-corrected chi connectivity index (χ0v) is 7.28. The maximum absolute atomic E-state index is 11.0. The van der Waals surface area contributed by atoms with Crippen molar-refractivity contribution in [3.05, 3.63) is 24.6 Å². The molecule has 0 atom stereocenters. The van der Waals surface area contributed by atoms with Crippen molar-refractivity contribution < 1.29 is 12.8 Å². The third-order valence-electron chi connectivity index (χ3n) is 1.61. The second-order valence-corrected chi connectivity index (χ2v) is 3.97. The fourth-order valence-corrected chi connectivity index (χ4v) is 1.78. The molecule has 0 spiro atoms. The Balaban J connectivity index is 2.91. The van der Waals surface area contributed by atoms with Gasteiger partial charge in [-0.15, -0.1) is 0 Å². The molecule has 0 saturated heterocycles. The van der Waals surface area contributed by atoms with E-state index in [1.165, 1.54) is 18.5 Å². The molecule has 0 bridgehead atoms. The molecule has 5 nitrogen and oxygen atoms in total. The Kier molecular flexibility index (Phi) is 1.61. The van der Waals surface area contributed by atoms with Gasteiger partial charge in [-0.05, 0) is 12.1 Å². The van der Waals surface area contributed by atoms with Gasteiger partial charge in [0.25, 0.3) is 10.0 Å². The minimum Gasteiger partial charge on any atom is -0.464 e. The van der Waals surface area contributed by atoms with Crippen molar-refractivity contribution in [1.82, 2.24) is 4.98 Å². The van der Waals surface area contributed by atoms with Gasteiger partial charge in [-0.3, -0.25) is 0 Å². The summed E-state index contributed by atoms with van der Waals surface area (Å²) in [6.07, 6.45) is 2.73. The second kappa shape index (κ2) is 2.54. The fraction of sp³-hybridized carbons (Fsp3) is 0. The Morgan fingerprint density at radius 3 is 2.85 bits per heavy atom. The Labute approximate surface area is 74.2 Å². The molecule has 0 unspecified atom stereocenters. The molecule has 0 aliphatic carbocycles. The summed E-state index contributed by atoms with van der Waals surface area (Å²) >= 11 is 0. The highest BCUT2D eigenvalue weighted by atomic mass is 32.2. The van der Waals surface area contributed by atoms with Crippen LogP contribution in [0.2, 0.25) is 0 Å². The predicted molar refractivity (Wildman–Crippen MR) is 45.4 cm³/mol. The lowest BCUT2D eigenvalue weighted by Gasteiger charge is -1.96. The average Bonchev–Trinajstić information content (AvgIpc) is 2.48. The number of hydrogen-bond acceptors (Lipinski definition) is 4. The summed E-state index contributed by atoms with van der Waals surface area (Å²) in [5.74, 6) is 0. The number of nitrogens with two attached hydrogens (primary N) is 1. The van der Waals surface area contributed by atoms with E-state index >= 15 is 0 Å². The largest absolute Gasteiger partial charge is 0.464 e. The van der Waals surface area contributed by atoms with Crippen LogP contribution in [0.5, 0.6) is 0 Å². The number of pyridine rings is 1. The van der Waals surface area contributed by atoms with Crippen LogP contribution in [0.3, 0.4) is 0 Å². The van der Waals surface area contributed by atoms with Gasteiger partial charge in [0.05, 0.1) is 11.6 Å². The number of primary sulfonamides is 1. The monoisotopic (exact) mass is 198 g/mol. The molecule has 0 fully saturated rings. The molecular formula is C7H6N2O3S. The van der Waals surface area contributed by atoms with Gasteiger partial charge < -0.3 is 4.42 Å². The summed E-state index contributed by atoms with van der Waals surface area (Å²) < 4.78 is 27.0. The van der Waals surface area contributed by atoms with Crippen molar-refractivity contribution >= 4 is 21.0 Å². The molecule has 2 heterocycles. The predicted octanol–water partition coefficient (Wildman–Crippen LogP) is 0.475. The summed E-state index contributed by atoms with van der Waals surface area (Å²) in [6, 6.07) is 3.09. The third-order valence-corrected chi connectivity index (χ3v) is 2.48. The lowest BCUT2D eigenvalue weighted by Crippen LogP contribution is -2.13. The number of nitrogens with zero attached hydrogens (tertiary/aromatic N) is 1. The summed E-state index contributed by atoms with van der Waals surface area (Å²) in [5.41, 5.74) is 0.457. The fourth-order valence-electron chi connectivity index (χ4n) is 1.10. The van der Waals surface area contributed by atoms with Crippen molar-refractivity contribution in [3.8, 4) is 0 Å². The Morgan fingerprint density at radius 2 is 2.15 bits per heavy atom. The first-order valence-corrected chi connectivity index (χ1v) is 4.99. The van der Waals surface area contributed by atoms with Crippen LogP contribution in [0.4, 0.5) is 0 Å². The second-order valence-electron chi connectivity index (χ2n) is 2.49. The minimum absolute atomic E-state index is 0.154. The van der Waals surface area contributed by atoms with Crippen molar-refractivity contribution in [1.29, 1.82) is 0 Å². The Morgan fingerprint density at radius 1 is 1.38 bits per heavy atom. The molecule has 2 aromatic rings. The molecule has 13 heavy (non-hydrogen) atoms. The van der Waals surface area contributed by atoms with Crippen LogP contribution in [0.25, 0.3) is 11.0 Å². The molecular weight excluding hydrogens is 192 g/mol. The van der Waals surface area contributed by atoms with Crippen LogP contribution in [0.15, 0.2) is 34.0 Å². The number of aromatic nitrogens is 1. The number of furan rings is 1. The SMILES string of the molecule is NS(=O)(=O)c1nccc2occc12.